The van der Waals surface area contributed by atoms with E-state index in [1.54, 1.807) is 13.3 Å². The summed E-state index contributed by atoms with van der Waals surface area (Å²) in [7, 11) is 1.66. The minimum Gasteiger partial charge on any atom is -0.497 e. The summed E-state index contributed by atoms with van der Waals surface area (Å²) < 4.78 is 6.34. The van der Waals surface area contributed by atoms with E-state index in [1.807, 2.05) is 24.3 Å². The molecule has 0 aliphatic heterocycles. The molecule has 0 radical (unpaired) electrons. The van der Waals surface area contributed by atoms with Crippen LogP contribution in [0, 0.1) is 0 Å². The van der Waals surface area contributed by atoms with Crippen molar-refractivity contribution in [2.45, 2.75) is 25.9 Å². The van der Waals surface area contributed by atoms with E-state index in [0.29, 0.717) is 6.61 Å². The Labute approximate surface area is 116 Å². The summed E-state index contributed by atoms with van der Waals surface area (Å²) in [6.45, 7) is 0.478. The van der Waals surface area contributed by atoms with Crippen molar-refractivity contribution in [3.8, 4) is 5.75 Å². The molecule has 0 heterocycles. The molecule has 1 aliphatic rings. The van der Waals surface area contributed by atoms with Gasteiger partial charge in [-0.15, -0.1) is 0 Å². The van der Waals surface area contributed by atoms with E-state index in [9.17, 15) is 0 Å². The third kappa shape index (κ3) is 3.60. The third-order valence-corrected chi connectivity index (χ3v) is 3.77. The van der Waals surface area contributed by atoms with Gasteiger partial charge in [0.15, 0.2) is 0 Å². The first-order chi connectivity index (χ1) is 8.79. The van der Waals surface area contributed by atoms with Gasteiger partial charge in [-0.3, -0.25) is 0 Å². The van der Waals surface area contributed by atoms with Gasteiger partial charge < -0.3 is 9.57 Å². The van der Waals surface area contributed by atoms with Crippen LogP contribution in [0.2, 0.25) is 0 Å². The summed E-state index contributed by atoms with van der Waals surface area (Å²) >= 11 is 3.54. The fourth-order valence-electron chi connectivity index (χ4n) is 1.80. The van der Waals surface area contributed by atoms with Crippen molar-refractivity contribution in [1.29, 1.82) is 0 Å². The summed E-state index contributed by atoms with van der Waals surface area (Å²) in [4.78, 5) is 5.28. The molecule has 1 aromatic rings. The van der Waals surface area contributed by atoms with E-state index < -0.39 is 0 Å². The van der Waals surface area contributed by atoms with Gasteiger partial charge in [0.1, 0.15) is 12.4 Å². The highest BCUT2D eigenvalue weighted by molar-refractivity contribution is 9.11. The Balaban J connectivity index is 1.81. The predicted molar refractivity (Wildman–Crippen MR) is 76.1 cm³/mol. The smallest absolute Gasteiger partial charge is 0.142 e. The van der Waals surface area contributed by atoms with Crippen LogP contribution in [0.1, 0.15) is 24.8 Å². The van der Waals surface area contributed by atoms with Crippen LogP contribution < -0.4 is 4.74 Å². The Kier molecular flexibility index (Phi) is 4.81. The molecule has 2 rings (SSSR count). The van der Waals surface area contributed by atoms with Crippen LogP contribution in [-0.2, 0) is 11.4 Å². The lowest BCUT2D eigenvalue weighted by Gasteiger charge is -2.02. The summed E-state index contributed by atoms with van der Waals surface area (Å²) in [5.74, 6) is 0.849. The molecule has 0 saturated heterocycles. The minimum atomic E-state index is 0.478. The highest BCUT2D eigenvalue weighted by Crippen LogP contribution is 2.28. The van der Waals surface area contributed by atoms with E-state index in [2.05, 4.69) is 21.1 Å². The highest BCUT2D eigenvalue weighted by atomic mass is 79.9. The number of rotatable bonds is 5. The number of nitrogens with zero attached hydrogens (tertiary/aromatic N) is 1. The fourth-order valence-corrected chi connectivity index (χ4v) is 2.38. The highest BCUT2D eigenvalue weighted by Gasteiger charge is 2.09. The van der Waals surface area contributed by atoms with E-state index in [-0.39, 0.29) is 0 Å². The number of benzene rings is 1. The maximum Gasteiger partial charge on any atom is 0.142 e. The molecule has 0 atom stereocenters. The molecule has 0 spiro atoms. The molecule has 0 amide bonds. The van der Waals surface area contributed by atoms with Crippen molar-refractivity contribution >= 4 is 22.1 Å². The first kappa shape index (κ1) is 13.1. The van der Waals surface area contributed by atoms with Crippen LogP contribution in [0.5, 0.6) is 5.75 Å². The van der Waals surface area contributed by atoms with Crippen molar-refractivity contribution in [1.82, 2.24) is 0 Å². The minimum absolute atomic E-state index is 0.478. The van der Waals surface area contributed by atoms with Gasteiger partial charge >= 0.3 is 0 Å². The molecule has 0 fully saturated rings. The zero-order valence-electron chi connectivity index (χ0n) is 10.4. The van der Waals surface area contributed by atoms with Gasteiger partial charge in [0.2, 0.25) is 0 Å². The SMILES string of the molecule is COc1ccc(CO/N=C/C2=C(Br)CCC2)cc1. The lowest BCUT2D eigenvalue weighted by Crippen LogP contribution is -1.89. The second kappa shape index (κ2) is 6.59. The molecule has 1 aromatic carbocycles. The first-order valence-electron chi connectivity index (χ1n) is 5.95. The zero-order valence-corrected chi connectivity index (χ0v) is 11.9. The summed E-state index contributed by atoms with van der Waals surface area (Å²) in [6.07, 6.45) is 5.19. The van der Waals surface area contributed by atoms with Crippen molar-refractivity contribution in [2.75, 3.05) is 7.11 Å². The Morgan fingerprint density at radius 3 is 2.67 bits per heavy atom. The topological polar surface area (TPSA) is 30.8 Å². The maximum atomic E-state index is 5.28. The number of oxime groups is 1. The van der Waals surface area contributed by atoms with E-state index in [0.717, 1.165) is 24.2 Å². The van der Waals surface area contributed by atoms with Crippen LogP contribution >= 0.6 is 15.9 Å². The van der Waals surface area contributed by atoms with E-state index in [1.165, 1.54) is 16.5 Å². The fraction of sp³-hybridized carbons (Fsp3) is 0.357. The van der Waals surface area contributed by atoms with Crippen molar-refractivity contribution in [3.63, 3.8) is 0 Å². The lowest BCUT2D eigenvalue weighted by molar-refractivity contribution is 0.132. The summed E-state index contributed by atoms with van der Waals surface area (Å²) in [6, 6.07) is 7.77. The molecule has 4 heteroatoms. The van der Waals surface area contributed by atoms with Gasteiger partial charge in [0.25, 0.3) is 0 Å². The lowest BCUT2D eigenvalue weighted by atomic mass is 10.2. The average Bonchev–Trinajstić information content (AvgIpc) is 2.81. The number of allylic oxidation sites excluding steroid dienone is 2. The molecule has 1 aliphatic carbocycles. The van der Waals surface area contributed by atoms with Gasteiger partial charge in [-0.05, 0) is 47.0 Å². The van der Waals surface area contributed by atoms with Gasteiger partial charge in [0, 0.05) is 0 Å². The monoisotopic (exact) mass is 309 g/mol. The van der Waals surface area contributed by atoms with Crippen molar-refractivity contribution in [2.24, 2.45) is 5.16 Å². The number of ether oxygens (including phenoxy) is 1. The third-order valence-electron chi connectivity index (χ3n) is 2.86. The zero-order chi connectivity index (χ0) is 12.8. The maximum absolute atomic E-state index is 5.28. The van der Waals surface area contributed by atoms with Crippen LogP contribution in [0.3, 0.4) is 0 Å². The molecule has 3 nitrogen and oxygen atoms in total. The Bertz CT molecular complexity index is 451. The molecule has 0 aromatic heterocycles. The molecule has 0 unspecified atom stereocenters. The Morgan fingerprint density at radius 2 is 2.06 bits per heavy atom. The second-order valence-corrected chi connectivity index (χ2v) is 5.10. The number of methoxy groups -OCH3 is 1. The van der Waals surface area contributed by atoms with Gasteiger partial charge in [-0.1, -0.05) is 33.2 Å². The number of halogens is 1. The summed E-state index contributed by atoms with van der Waals surface area (Å²) in [5.41, 5.74) is 2.32. The summed E-state index contributed by atoms with van der Waals surface area (Å²) in [5, 5.41) is 4.00. The second-order valence-electron chi connectivity index (χ2n) is 4.14. The normalized spacial score (nSPS) is 15.4. The molecule has 0 bridgehead atoms. The molecule has 18 heavy (non-hydrogen) atoms. The van der Waals surface area contributed by atoms with Crippen molar-refractivity contribution in [3.05, 3.63) is 39.9 Å². The Hall–Kier alpha value is -1.29. The van der Waals surface area contributed by atoms with Gasteiger partial charge in [0.05, 0.1) is 13.3 Å². The van der Waals surface area contributed by atoms with E-state index >= 15 is 0 Å². The quantitative estimate of drug-likeness (QED) is 0.607. The first-order valence-corrected chi connectivity index (χ1v) is 6.74. The van der Waals surface area contributed by atoms with E-state index in [4.69, 9.17) is 9.57 Å². The molecular formula is C14H16BrNO2. The molecule has 96 valence electrons. The van der Waals surface area contributed by atoms with Crippen molar-refractivity contribution < 1.29 is 9.57 Å². The molecule has 0 N–H and O–H groups in total. The molecule has 0 saturated carbocycles. The van der Waals surface area contributed by atoms with Crippen LogP contribution in [0.4, 0.5) is 0 Å². The van der Waals surface area contributed by atoms with Crippen LogP contribution in [0.25, 0.3) is 0 Å². The van der Waals surface area contributed by atoms with Crippen LogP contribution in [-0.4, -0.2) is 13.3 Å². The Morgan fingerprint density at radius 1 is 1.28 bits per heavy atom. The van der Waals surface area contributed by atoms with Gasteiger partial charge in [-0.2, -0.15) is 0 Å². The number of hydrogen-bond donors (Lipinski definition) is 0. The van der Waals surface area contributed by atoms with Gasteiger partial charge in [-0.25, -0.2) is 0 Å². The number of hydrogen-bond acceptors (Lipinski definition) is 3. The largest absolute Gasteiger partial charge is 0.497 e. The average molecular weight is 310 g/mol. The standard InChI is InChI=1S/C14H16BrNO2/c1-17-13-7-5-11(6-8-13)10-18-16-9-12-3-2-4-14(12)15/h5-9H,2-4,10H2,1H3/b16-9+. The van der Waals surface area contributed by atoms with Crippen LogP contribution in [0.15, 0.2) is 39.5 Å². The molecular weight excluding hydrogens is 294 g/mol. The predicted octanol–water partition coefficient (Wildman–Crippen LogP) is 4.03.